The van der Waals surface area contributed by atoms with Gasteiger partial charge in [0.1, 0.15) is 23.1 Å². The molecule has 0 radical (unpaired) electrons. The van der Waals surface area contributed by atoms with Crippen molar-refractivity contribution in [3.8, 4) is 0 Å². The van der Waals surface area contributed by atoms with E-state index in [4.69, 9.17) is 9.72 Å². The molecule has 1 atom stereocenters. The van der Waals surface area contributed by atoms with E-state index in [0.29, 0.717) is 68.2 Å². The number of hydrogen-bond donors (Lipinski definition) is 0. The van der Waals surface area contributed by atoms with Crippen LogP contribution in [0.2, 0.25) is 0 Å². The van der Waals surface area contributed by atoms with Crippen LogP contribution in [-0.4, -0.2) is 74.7 Å². The number of fused-ring (bicyclic) bond motifs is 1. The zero-order valence-electron chi connectivity index (χ0n) is 23.0. The fourth-order valence-corrected chi connectivity index (χ4v) is 5.20. The molecule has 3 aromatic rings. The Bertz CT molecular complexity index is 1430. The van der Waals surface area contributed by atoms with Crippen LogP contribution in [-0.2, 0) is 9.53 Å². The Labute approximate surface area is 232 Å². The number of benzene rings is 1. The van der Waals surface area contributed by atoms with Gasteiger partial charge in [-0.2, -0.15) is 5.10 Å². The van der Waals surface area contributed by atoms with Crippen molar-refractivity contribution in [1.29, 1.82) is 0 Å². The van der Waals surface area contributed by atoms with Crippen LogP contribution in [0.3, 0.4) is 0 Å². The molecule has 5 rings (SSSR count). The van der Waals surface area contributed by atoms with Gasteiger partial charge >= 0.3 is 6.09 Å². The van der Waals surface area contributed by atoms with Gasteiger partial charge in [0.2, 0.25) is 5.91 Å². The van der Waals surface area contributed by atoms with Gasteiger partial charge in [0, 0.05) is 56.1 Å². The normalized spacial score (nSPS) is 18.5. The summed E-state index contributed by atoms with van der Waals surface area (Å²) in [6.45, 7) is 8.02. The minimum Gasteiger partial charge on any atom is -0.444 e. The number of halogens is 2. The fraction of sp³-hybridized carbons (Fsp3) is 0.448. The second-order valence-corrected chi connectivity index (χ2v) is 11.2. The van der Waals surface area contributed by atoms with Gasteiger partial charge in [0.05, 0.1) is 12.2 Å². The van der Waals surface area contributed by atoms with Crippen molar-refractivity contribution in [2.75, 3.05) is 37.6 Å². The number of amides is 2. The molecule has 4 heterocycles. The minimum absolute atomic E-state index is 0.164. The van der Waals surface area contributed by atoms with Crippen LogP contribution in [0.25, 0.3) is 11.7 Å². The monoisotopic (exact) mass is 552 g/mol. The molecule has 2 aliphatic heterocycles. The first kappa shape index (κ1) is 27.5. The number of hydrogen-bond acceptors (Lipinski definition) is 6. The molecule has 1 unspecified atom stereocenters. The Morgan fingerprint density at radius 2 is 1.80 bits per heavy atom. The predicted molar refractivity (Wildman–Crippen MR) is 147 cm³/mol. The molecule has 9 nitrogen and oxygen atoms in total. The number of aromatic nitrogens is 3. The van der Waals surface area contributed by atoms with E-state index in [1.165, 1.54) is 12.1 Å². The number of rotatable bonds is 4. The lowest BCUT2D eigenvalue weighted by Crippen LogP contribution is -2.39. The molecule has 0 saturated carbocycles. The SMILES string of the molecule is CC(C)(C)OC(=O)N1CCCN(C(=O)/C=C/c2cnn3ccc(N4CCCC4c4cc(F)ccc4F)nc23)CC1. The molecule has 2 saturated heterocycles. The summed E-state index contributed by atoms with van der Waals surface area (Å²) < 4.78 is 35.5. The third kappa shape index (κ3) is 6.08. The first-order chi connectivity index (χ1) is 19.1. The molecule has 0 aliphatic carbocycles. The quantitative estimate of drug-likeness (QED) is 0.431. The van der Waals surface area contributed by atoms with E-state index in [0.717, 1.165) is 18.6 Å². The van der Waals surface area contributed by atoms with Crippen molar-refractivity contribution in [1.82, 2.24) is 24.4 Å². The maximum Gasteiger partial charge on any atom is 0.410 e. The van der Waals surface area contributed by atoms with Crippen LogP contribution in [0, 0.1) is 11.6 Å². The molecule has 2 aromatic heterocycles. The van der Waals surface area contributed by atoms with E-state index in [1.807, 2.05) is 31.7 Å². The molecule has 0 spiro atoms. The molecule has 0 N–H and O–H groups in total. The number of nitrogens with zero attached hydrogens (tertiary/aromatic N) is 6. The summed E-state index contributed by atoms with van der Waals surface area (Å²) in [6.07, 6.45) is 8.39. The minimum atomic E-state index is -0.574. The van der Waals surface area contributed by atoms with Crippen LogP contribution in [0.15, 0.2) is 42.7 Å². The van der Waals surface area contributed by atoms with Gasteiger partial charge in [0.15, 0.2) is 5.65 Å². The molecule has 40 heavy (non-hydrogen) atoms. The van der Waals surface area contributed by atoms with Gasteiger partial charge in [-0.05, 0) is 70.4 Å². The molecule has 1 aromatic carbocycles. The molecule has 0 bridgehead atoms. The Morgan fingerprint density at radius 1 is 1.02 bits per heavy atom. The highest BCUT2D eigenvalue weighted by molar-refractivity contribution is 5.92. The Hall–Kier alpha value is -4.02. The lowest BCUT2D eigenvalue weighted by atomic mass is 10.0. The lowest BCUT2D eigenvalue weighted by molar-refractivity contribution is -0.125. The smallest absolute Gasteiger partial charge is 0.410 e. The van der Waals surface area contributed by atoms with Crippen LogP contribution < -0.4 is 4.90 Å². The molecular formula is C29H34F2N6O3. The van der Waals surface area contributed by atoms with Crippen LogP contribution in [0.5, 0.6) is 0 Å². The van der Waals surface area contributed by atoms with Crippen molar-refractivity contribution < 1.29 is 23.1 Å². The Balaban J connectivity index is 1.29. The first-order valence-electron chi connectivity index (χ1n) is 13.6. The van der Waals surface area contributed by atoms with Gasteiger partial charge in [-0.15, -0.1) is 0 Å². The van der Waals surface area contributed by atoms with Gasteiger partial charge in [-0.1, -0.05) is 0 Å². The molecule has 2 aliphatic rings. The van der Waals surface area contributed by atoms with Crippen molar-refractivity contribution in [3.05, 3.63) is 65.5 Å². The van der Waals surface area contributed by atoms with Crippen molar-refractivity contribution in [2.45, 2.75) is 51.7 Å². The average Bonchev–Trinajstić information content (AvgIpc) is 3.47. The maximum absolute atomic E-state index is 14.6. The number of carbonyl (C=O) groups is 2. The van der Waals surface area contributed by atoms with Crippen molar-refractivity contribution >= 4 is 29.5 Å². The van der Waals surface area contributed by atoms with E-state index >= 15 is 0 Å². The Morgan fingerprint density at radius 3 is 2.60 bits per heavy atom. The number of ether oxygens (including phenoxy) is 1. The van der Waals surface area contributed by atoms with Crippen LogP contribution in [0.4, 0.5) is 19.4 Å². The maximum atomic E-state index is 14.6. The van der Waals surface area contributed by atoms with Crippen molar-refractivity contribution in [2.24, 2.45) is 0 Å². The highest BCUT2D eigenvalue weighted by atomic mass is 19.1. The highest BCUT2D eigenvalue weighted by Crippen LogP contribution is 2.37. The molecular weight excluding hydrogens is 518 g/mol. The predicted octanol–water partition coefficient (Wildman–Crippen LogP) is 4.83. The lowest BCUT2D eigenvalue weighted by Gasteiger charge is -2.26. The fourth-order valence-electron chi connectivity index (χ4n) is 5.20. The van der Waals surface area contributed by atoms with Gasteiger partial charge in [-0.25, -0.2) is 23.1 Å². The van der Waals surface area contributed by atoms with Gasteiger partial charge < -0.3 is 19.4 Å². The van der Waals surface area contributed by atoms with Crippen LogP contribution in [0.1, 0.15) is 57.2 Å². The molecule has 2 amide bonds. The molecule has 11 heteroatoms. The van der Waals surface area contributed by atoms with E-state index in [1.54, 1.807) is 32.8 Å². The van der Waals surface area contributed by atoms with Gasteiger partial charge in [0.25, 0.3) is 0 Å². The van der Waals surface area contributed by atoms with E-state index < -0.39 is 17.2 Å². The summed E-state index contributed by atoms with van der Waals surface area (Å²) in [4.78, 5) is 35.6. The van der Waals surface area contributed by atoms with Crippen LogP contribution >= 0.6 is 0 Å². The van der Waals surface area contributed by atoms with E-state index in [-0.39, 0.29) is 18.0 Å². The number of carbonyl (C=O) groups excluding carboxylic acids is 2. The molecule has 2 fully saturated rings. The average molecular weight is 553 g/mol. The topological polar surface area (TPSA) is 83.3 Å². The summed E-state index contributed by atoms with van der Waals surface area (Å²) in [5.74, 6) is -0.437. The summed E-state index contributed by atoms with van der Waals surface area (Å²) in [5.41, 5.74) is 0.961. The van der Waals surface area contributed by atoms with Gasteiger partial charge in [-0.3, -0.25) is 4.79 Å². The third-order valence-electron chi connectivity index (χ3n) is 7.11. The zero-order valence-corrected chi connectivity index (χ0v) is 23.0. The largest absolute Gasteiger partial charge is 0.444 e. The summed E-state index contributed by atoms with van der Waals surface area (Å²) in [6, 6.07) is 5.02. The second kappa shape index (κ2) is 11.2. The summed E-state index contributed by atoms with van der Waals surface area (Å²) >= 11 is 0. The molecule has 212 valence electrons. The number of anilines is 1. The summed E-state index contributed by atoms with van der Waals surface area (Å²) in [7, 11) is 0. The highest BCUT2D eigenvalue weighted by Gasteiger charge is 2.30. The van der Waals surface area contributed by atoms with E-state index in [9.17, 15) is 18.4 Å². The van der Waals surface area contributed by atoms with E-state index in [2.05, 4.69) is 5.10 Å². The summed E-state index contributed by atoms with van der Waals surface area (Å²) in [5, 5.41) is 4.35. The standard InChI is InChI=1S/C29H34F2N6O3/c1-29(2,3)40-28(39)35-13-5-12-34(16-17-35)26(38)10-7-20-19-32-37-15-11-25(33-27(20)37)36-14-4-6-24(36)22-18-21(30)8-9-23(22)31/h7-11,15,18-19,24H,4-6,12-14,16-17H2,1-3H3/b10-7+. The first-order valence-corrected chi connectivity index (χ1v) is 13.6. The second-order valence-electron chi connectivity index (χ2n) is 11.2. The Kier molecular flexibility index (Phi) is 7.73. The zero-order chi connectivity index (χ0) is 28.4. The third-order valence-corrected chi connectivity index (χ3v) is 7.11. The van der Waals surface area contributed by atoms with Crippen molar-refractivity contribution in [3.63, 3.8) is 0 Å².